The minimum atomic E-state index is 0.615. The van der Waals surface area contributed by atoms with Gasteiger partial charge in [0.05, 0.1) is 11.8 Å². The van der Waals surface area contributed by atoms with E-state index < -0.39 is 0 Å². The summed E-state index contributed by atoms with van der Waals surface area (Å²) in [7, 11) is 0. The van der Waals surface area contributed by atoms with Crippen molar-refractivity contribution in [3.05, 3.63) is 47.3 Å². The summed E-state index contributed by atoms with van der Waals surface area (Å²) in [6.45, 7) is 2.06. The van der Waals surface area contributed by atoms with Crippen molar-refractivity contribution in [1.29, 1.82) is 5.26 Å². The molecule has 4 heteroatoms. The lowest BCUT2D eigenvalue weighted by Crippen LogP contribution is -1.90. The fourth-order valence-corrected chi connectivity index (χ4v) is 2.70. The van der Waals surface area contributed by atoms with Gasteiger partial charge in [-0.1, -0.05) is 42.1 Å². The monoisotopic (exact) mass is 271 g/mol. The van der Waals surface area contributed by atoms with Crippen LogP contribution in [0.15, 0.2) is 35.5 Å². The van der Waals surface area contributed by atoms with Gasteiger partial charge in [0.25, 0.3) is 0 Å². The Morgan fingerprint density at radius 3 is 2.84 bits per heavy atom. The second kappa shape index (κ2) is 7.01. The first-order valence-electron chi connectivity index (χ1n) is 6.38. The summed E-state index contributed by atoms with van der Waals surface area (Å²) in [5.41, 5.74) is 3.51. The fourth-order valence-electron chi connectivity index (χ4n) is 1.82. The smallest absolute Gasteiger partial charge is 0.165 e. The average Bonchev–Trinajstić information content (AvgIpc) is 2.77. The topological polar surface area (TPSA) is 52.5 Å². The molecule has 98 valence electrons. The van der Waals surface area contributed by atoms with Gasteiger partial charge in [-0.05, 0) is 18.9 Å². The molecule has 2 rings (SSSR count). The molecule has 0 amide bonds. The highest BCUT2D eigenvalue weighted by atomic mass is 32.2. The Bertz CT molecular complexity index is 555. The number of aryl methyl sites for hydroxylation is 1. The predicted molar refractivity (Wildman–Crippen MR) is 78.1 cm³/mol. The number of imidazole rings is 1. The largest absolute Gasteiger partial charge is 0.337 e. The summed E-state index contributed by atoms with van der Waals surface area (Å²) in [5.74, 6) is 0.936. The Kier molecular flexibility index (Phi) is 5.05. The van der Waals surface area contributed by atoms with Gasteiger partial charge in [0.1, 0.15) is 0 Å². The summed E-state index contributed by atoms with van der Waals surface area (Å²) in [4.78, 5) is 7.94. The van der Waals surface area contributed by atoms with E-state index in [2.05, 4.69) is 47.2 Å². The minimum absolute atomic E-state index is 0.615. The molecule has 1 heterocycles. The summed E-state index contributed by atoms with van der Waals surface area (Å²) in [6.07, 6.45) is 2.39. The van der Waals surface area contributed by atoms with E-state index >= 15 is 0 Å². The van der Waals surface area contributed by atoms with Crippen molar-refractivity contribution in [2.75, 3.05) is 5.75 Å². The van der Waals surface area contributed by atoms with Crippen LogP contribution in [0.2, 0.25) is 0 Å². The fraction of sp³-hybridized carbons (Fsp3) is 0.333. The van der Waals surface area contributed by atoms with Crippen molar-refractivity contribution < 1.29 is 0 Å². The maximum Gasteiger partial charge on any atom is 0.165 e. The first kappa shape index (κ1) is 13.7. The number of aromatic nitrogens is 2. The van der Waals surface area contributed by atoms with Crippen LogP contribution in [0.3, 0.4) is 0 Å². The van der Waals surface area contributed by atoms with Gasteiger partial charge < -0.3 is 4.98 Å². The quantitative estimate of drug-likeness (QED) is 0.643. The molecule has 0 spiro atoms. The number of nitriles is 1. The van der Waals surface area contributed by atoms with E-state index in [1.54, 1.807) is 11.8 Å². The van der Waals surface area contributed by atoms with Gasteiger partial charge in [0.15, 0.2) is 5.16 Å². The van der Waals surface area contributed by atoms with E-state index in [9.17, 15) is 0 Å². The molecular weight excluding hydrogens is 254 g/mol. The number of hydrogen-bond donors (Lipinski definition) is 1. The third kappa shape index (κ3) is 4.15. The molecule has 19 heavy (non-hydrogen) atoms. The zero-order valence-electron chi connectivity index (χ0n) is 11.0. The molecule has 3 nitrogen and oxygen atoms in total. The summed E-state index contributed by atoms with van der Waals surface area (Å²) < 4.78 is 0. The van der Waals surface area contributed by atoms with Crippen LogP contribution in [0.4, 0.5) is 0 Å². The number of unbranched alkanes of at least 4 members (excludes halogenated alkanes) is 1. The molecule has 0 fully saturated rings. The Morgan fingerprint density at radius 1 is 1.32 bits per heavy atom. The first-order chi connectivity index (χ1) is 9.29. The van der Waals surface area contributed by atoms with E-state index in [0.717, 1.165) is 35.1 Å². The maximum atomic E-state index is 8.49. The Morgan fingerprint density at radius 2 is 2.11 bits per heavy atom. The second-order valence-corrected chi connectivity index (χ2v) is 5.47. The standard InChI is InChI=1S/C15H17N3S/c1-12-14(11-13-7-3-2-4-8-13)18-15(17-12)19-10-6-5-9-16/h2-4,7-8H,5-6,10-11H2,1H3,(H,17,18). The van der Waals surface area contributed by atoms with Gasteiger partial charge in [-0.15, -0.1) is 0 Å². The number of thioether (sulfide) groups is 1. The molecule has 0 aliphatic heterocycles. The van der Waals surface area contributed by atoms with Crippen LogP contribution in [-0.2, 0) is 6.42 Å². The maximum absolute atomic E-state index is 8.49. The van der Waals surface area contributed by atoms with Crippen LogP contribution in [-0.4, -0.2) is 15.7 Å². The molecule has 1 N–H and O–H groups in total. The van der Waals surface area contributed by atoms with E-state index in [1.807, 2.05) is 6.07 Å². The molecule has 0 aliphatic carbocycles. The minimum Gasteiger partial charge on any atom is -0.337 e. The van der Waals surface area contributed by atoms with Gasteiger partial charge in [-0.25, -0.2) is 4.98 Å². The molecule has 1 aromatic carbocycles. The third-order valence-electron chi connectivity index (χ3n) is 2.85. The number of nitrogens with zero attached hydrogens (tertiary/aromatic N) is 2. The molecular formula is C15H17N3S. The highest BCUT2D eigenvalue weighted by Crippen LogP contribution is 2.19. The number of nitrogens with one attached hydrogen (secondary N) is 1. The zero-order valence-corrected chi connectivity index (χ0v) is 11.8. The summed E-state index contributed by atoms with van der Waals surface area (Å²) in [5, 5.41) is 9.45. The van der Waals surface area contributed by atoms with Gasteiger partial charge in [0.2, 0.25) is 0 Å². The van der Waals surface area contributed by atoms with Crippen LogP contribution < -0.4 is 0 Å². The molecule has 0 saturated heterocycles. The molecule has 0 atom stereocenters. The summed E-state index contributed by atoms with van der Waals surface area (Å²) in [6, 6.07) is 12.5. The van der Waals surface area contributed by atoms with Crippen molar-refractivity contribution >= 4 is 11.8 Å². The van der Waals surface area contributed by atoms with Crippen molar-refractivity contribution in [2.24, 2.45) is 0 Å². The molecule has 2 aromatic rings. The number of benzene rings is 1. The lowest BCUT2D eigenvalue weighted by atomic mass is 10.1. The molecule has 0 bridgehead atoms. The van der Waals surface area contributed by atoms with E-state index in [4.69, 9.17) is 5.26 Å². The molecule has 0 saturated carbocycles. The lowest BCUT2D eigenvalue weighted by Gasteiger charge is -1.98. The average molecular weight is 271 g/mol. The SMILES string of the molecule is Cc1[nH]c(SCCCC#N)nc1Cc1ccccc1. The third-order valence-corrected chi connectivity index (χ3v) is 3.81. The van der Waals surface area contributed by atoms with Gasteiger partial charge >= 0.3 is 0 Å². The van der Waals surface area contributed by atoms with Crippen molar-refractivity contribution in [3.8, 4) is 6.07 Å². The highest BCUT2D eigenvalue weighted by molar-refractivity contribution is 7.99. The molecule has 0 aliphatic rings. The molecule has 0 unspecified atom stereocenters. The number of aromatic amines is 1. The van der Waals surface area contributed by atoms with Crippen molar-refractivity contribution in [3.63, 3.8) is 0 Å². The van der Waals surface area contributed by atoms with Gasteiger partial charge in [-0.2, -0.15) is 5.26 Å². The van der Waals surface area contributed by atoms with Crippen molar-refractivity contribution in [2.45, 2.75) is 31.3 Å². The second-order valence-electron chi connectivity index (χ2n) is 4.39. The Hall–Kier alpha value is -1.73. The van der Waals surface area contributed by atoms with E-state index in [1.165, 1.54) is 5.56 Å². The van der Waals surface area contributed by atoms with Crippen molar-refractivity contribution in [1.82, 2.24) is 9.97 Å². The molecule has 0 radical (unpaired) electrons. The normalized spacial score (nSPS) is 10.3. The predicted octanol–water partition coefficient (Wildman–Crippen LogP) is 3.70. The van der Waals surface area contributed by atoms with Crippen LogP contribution in [0.25, 0.3) is 0 Å². The van der Waals surface area contributed by atoms with E-state index in [-0.39, 0.29) is 0 Å². The number of rotatable bonds is 6. The summed E-state index contributed by atoms with van der Waals surface area (Å²) >= 11 is 1.69. The van der Waals surface area contributed by atoms with Gasteiger partial charge in [-0.3, -0.25) is 0 Å². The lowest BCUT2D eigenvalue weighted by molar-refractivity contribution is 0.964. The van der Waals surface area contributed by atoms with Gasteiger partial charge in [0, 0.05) is 24.3 Å². The number of H-pyrrole nitrogens is 1. The Labute approximate surface area is 118 Å². The van der Waals surface area contributed by atoms with Crippen LogP contribution in [0, 0.1) is 18.3 Å². The Balaban J connectivity index is 1.95. The molecule has 1 aromatic heterocycles. The zero-order chi connectivity index (χ0) is 13.5. The highest BCUT2D eigenvalue weighted by Gasteiger charge is 2.07. The number of hydrogen-bond acceptors (Lipinski definition) is 3. The first-order valence-corrected chi connectivity index (χ1v) is 7.37. The van der Waals surface area contributed by atoms with E-state index in [0.29, 0.717) is 6.42 Å². The van der Waals surface area contributed by atoms with Crippen LogP contribution in [0.5, 0.6) is 0 Å². The van der Waals surface area contributed by atoms with Crippen LogP contribution >= 0.6 is 11.8 Å². The van der Waals surface area contributed by atoms with Crippen LogP contribution in [0.1, 0.15) is 29.8 Å².